The van der Waals surface area contributed by atoms with E-state index in [1.807, 2.05) is 23.0 Å². The molecule has 0 amide bonds. The Morgan fingerprint density at radius 2 is 1.93 bits per heavy atom. The third-order valence-electron chi connectivity index (χ3n) is 4.90. The summed E-state index contributed by atoms with van der Waals surface area (Å²) in [6.45, 7) is 5.51. The highest BCUT2D eigenvalue weighted by Gasteiger charge is 2.16. The van der Waals surface area contributed by atoms with Gasteiger partial charge in [0.05, 0.1) is 12.8 Å². The average Bonchev–Trinajstić information content (AvgIpc) is 3.14. The van der Waals surface area contributed by atoms with Crippen molar-refractivity contribution >= 4 is 17.3 Å². The number of likely N-dealkylation sites (N-methyl/N-ethyl adjacent to an activating group) is 1. The zero-order valence-corrected chi connectivity index (χ0v) is 15.8. The fourth-order valence-corrected chi connectivity index (χ4v) is 3.28. The van der Waals surface area contributed by atoms with Gasteiger partial charge < -0.3 is 19.9 Å². The molecule has 4 rings (SSSR count). The Balaban J connectivity index is 1.56. The van der Waals surface area contributed by atoms with Crippen LogP contribution in [0, 0.1) is 0 Å². The molecule has 0 unspecified atom stereocenters. The molecule has 0 saturated carbocycles. The number of nitrogens with one attached hydrogen (secondary N) is 1. The van der Waals surface area contributed by atoms with E-state index >= 15 is 0 Å². The minimum Gasteiger partial charge on any atom is -0.383 e. The van der Waals surface area contributed by atoms with E-state index in [1.165, 1.54) is 0 Å². The summed E-state index contributed by atoms with van der Waals surface area (Å²) >= 11 is 0. The molecule has 1 N–H and O–H groups in total. The van der Waals surface area contributed by atoms with Gasteiger partial charge >= 0.3 is 0 Å². The van der Waals surface area contributed by atoms with Crippen molar-refractivity contribution in [3.8, 4) is 11.1 Å². The number of hydrogen-bond donors (Lipinski definition) is 1. The molecule has 0 spiro atoms. The molecule has 0 aromatic carbocycles. The van der Waals surface area contributed by atoms with Gasteiger partial charge in [0.15, 0.2) is 5.65 Å². The van der Waals surface area contributed by atoms with Crippen molar-refractivity contribution in [3.05, 3.63) is 36.8 Å². The van der Waals surface area contributed by atoms with Gasteiger partial charge in [-0.1, -0.05) is 0 Å². The number of rotatable bonds is 6. The quantitative estimate of drug-likeness (QED) is 0.664. The number of piperazine rings is 1. The van der Waals surface area contributed by atoms with E-state index in [2.05, 4.69) is 49.4 Å². The van der Waals surface area contributed by atoms with Crippen LogP contribution in [-0.4, -0.2) is 78.0 Å². The van der Waals surface area contributed by atoms with Crippen LogP contribution in [0.25, 0.3) is 16.8 Å². The van der Waals surface area contributed by atoms with Crippen molar-refractivity contribution in [2.24, 2.45) is 0 Å². The van der Waals surface area contributed by atoms with Crippen LogP contribution in [-0.2, 0) is 4.74 Å². The molecule has 142 valence electrons. The highest BCUT2D eigenvalue weighted by Crippen LogP contribution is 2.26. The minimum atomic E-state index is 0.635. The molecule has 0 radical (unpaired) electrons. The van der Waals surface area contributed by atoms with E-state index in [-0.39, 0.29) is 0 Å². The lowest BCUT2D eigenvalue weighted by Gasteiger charge is -2.33. The van der Waals surface area contributed by atoms with Crippen LogP contribution in [0.1, 0.15) is 0 Å². The van der Waals surface area contributed by atoms with Gasteiger partial charge in [-0.15, -0.1) is 0 Å². The first kappa shape index (κ1) is 17.7. The maximum absolute atomic E-state index is 5.09. The molecule has 3 aromatic heterocycles. The summed E-state index contributed by atoms with van der Waals surface area (Å²) < 4.78 is 6.91. The van der Waals surface area contributed by atoms with E-state index < -0.39 is 0 Å². The Morgan fingerprint density at radius 3 is 2.67 bits per heavy atom. The lowest BCUT2D eigenvalue weighted by atomic mass is 10.1. The van der Waals surface area contributed by atoms with Crippen LogP contribution < -0.4 is 10.2 Å². The summed E-state index contributed by atoms with van der Waals surface area (Å²) in [5, 5.41) is 7.82. The van der Waals surface area contributed by atoms with E-state index in [4.69, 9.17) is 4.74 Å². The first-order valence-electron chi connectivity index (χ1n) is 9.22. The number of nitrogens with zero attached hydrogens (tertiary/aromatic N) is 6. The molecule has 0 aliphatic carbocycles. The zero-order valence-electron chi connectivity index (χ0n) is 15.8. The van der Waals surface area contributed by atoms with E-state index in [0.29, 0.717) is 13.2 Å². The van der Waals surface area contributed by atoms with E-state index in [0.717, 1.165) is 54.6 Å². The van der Waals surface area contributed by atoms with Crippen LogP contribution in [0.4, 0.5) is 11.6 Å². The largest absolute Gasteiger partial charge is 0.383 e. The Kier molecular flexibility index (Phi) is 5.17. The molecular weight excluding hydrogens is 342 g/mol. The highest BCUT2D eigenvalue weighted by atomic mass is 16.5. The Hall–Kier alpha value is -2.71. The fraction of sp³-hybridized carbons (Fsp3) is 0.421. The summed E-state index contributed by atoms with van der Waals surface area (Å²) in [5.74, 6) is 1.92. The lowest BCUT2D eigenvalue weighted by molar-refractivity contribution is 0.210. The molecule has 1 aliphatic rings. The fourth-order valence-electron chi connectivity index (χ4n) is 3.28. The first-order valence-corrected chi connectivity index (χ1v) is 9.22. The first-order chi connectivity index (χ1) is 13.3. The predicted octanol–water partition coefficient (Wildman–Crippen LogP) is 1.60. The molecular formula is C19H25N7O. The number of ether oxygens (including phenoxy) is 1. The number of aromatic nitrogens is 4. The van der Waals surface area contributed by atoms with Gasteiger partial charge in [0.2, 0.25) is 0 Å². The molecule has 0 bridgehead atoms. The number of fused-ring (bicyclic) bond motifs is 1. The smallest absolute Gasteiger partial charge is 0.165 e. The topological polar surface area (TPSA) is 70.8 Å². The summed E-state index contributed by atoms with van der Waals surface area (Å²) in [5.41, 5.74) is 2.80. The van der Waals surface area contributed by atoms with E-state index in [1.54, 1.807) is 13.3 Å². The van der Waals surface area contributed by atoms with E-state index in [9.17, 15) is 0 Å². The molecule has 1 saturated heterocycles. The number of anilines is 2. The van der Waals surface area contributed by atoms with Crippen LogP contribution in [0.3, 0.4) is 0 Å². The average molecular weight is 367 g/mol. The maximum atomic E-state index is 5.09. The SMILES string of the molecule is COCCNc1ccnc2c(-c3ccc(N4CCN(C)CC4)nc3)cnn12. The van der Waals surface area contributed by atoms with Gasteiger partial charge in [-0.2, -0.15) is 9.61 Å². The van der Waals surface area contributed by atoms with Crippen LogP contribution >= 0.6 is 0 Å². The van der Waals surface area contributed by atoms with Crippen molar-refractivity contribution < 1.29 is 4.74 Å². The van der Waals surface area contributed by atoms with Crippen molar-refractivity contribution in [1.29, 1.82) is 0 Å². The van der Waals surface area contributed by atoms with Crippen LogP contribution in [0.15, 0.2) is 36.8 Å². The normalized spacial score (nSPS) is 15.4. The van der Waals surface area contributed by atoms with Gasteiger partial charge in [0.1, 0.15) is 11.6 Å². The second-order valence-corrected chi connectivity index (χ2v) is 6.74. The number of hydrogen-bond acceptors (Lipinski definition) is 7. The third-order valence-corrected chi connectivity index (χ3v) is 4.90. The Morgan fingerprint density at radius 1 is 1.07 bits per heavy atom. The minimum absolute atomic E-state index is 0.635. The Labute approximate surface area is 158 Å². The zero-order chi connectivity index (χ0) is 18.6. The van der Waals surface area contributed by atoms with Crippen molar-refractivity contribution in [2.75, 3.05) is 63.7 Å². The van der Waals surface area contributed by atoms with Crippen molar-refractivity contribution in [1.82, 2.24) is 24.5 Å². The molecule has 3 aromatic rings. The molecule has 1 aliphatic heterocycles. The molecule has 1 fully saturated rings. The van der Waals surface area contributed by atoms with Gasteiger partial charge in [-0.05, 0) is 25.2 Å². The molecule has 0 atom stereocenters. The van der Waals surface area contributed by atoms with Crippen molar-refractivity contribution in [3.63, 3.8) is 0 Å². The summed E-state index contributed by atoms with van der Waals surface area (Å²) in [4.78, 5) is 13.9. The van der Waals surface area contributed by atoms with Gasteiger partial charge in [-0.3, -0.25) is 0 Å². The second-order valence-electron chi connectivity index (χ2n) is 6.74. The summed E-state index contributed by atoms with van der Waals surface area (Å²) in [6, 6.07) is 6.10. The standard InChI is InChI=1S/C19H25N7O/c1-24-8-10-25(11-9-24)17-4-3-15(13-22-17)16-14-23-26-18(20-7-12-27-2)5-6-21-19(16)26/h3-6,13-14,20H,7-12H2,1-2H3. The van der Waals surface area contributed by atoms with Crippen molar-refractivity contribution in [2.45, 2.75) is 0 Å². The van der Waals surface area contributed by atoms with Crippen LogP contribution in [0.2, 0.25) is 0 Å². The van der Waals surface area contributed by atoms with Gasteiger partial charge in [-0.25, -0.2) is 9.97 Å². The molecule has 27 heavy (non-hydrogen) atoms. The summed E-state index contributed by atoms with van der Waals surface area (Å²) in [6.07, 6.45) is 5.55. The van der Waals surface area contributed by atoms with Gasteiger partial charge in [0, 0.05) is 63.4 Å². The van der Waals surface area contributed by atoms with Gasteiger partial charge in [0.25, 0.3) is 0 Å². The predicted molar refractivity (Wildman–Crippen MR) is 106 cm³/mol. The lowest BCUT2D eigenvalue weighted by Crippen LogP contribution is -2.44. The van der Waals surface area contributed by atoms with Crippen LogP contribution in [0.5, 0.6) is 0 Å². The molecule has 4 heterocycles. The highest BCUT2D eigenvalue weighted by molar-refractivity contribution is 5.77. The monoisotopic (exact) mass is 367 g/mol. The number of pyridine rings is 1. The number of methoxy groups -OCH3 is 1. The Bertz CT molecular complexity index is 885. The molecule has 8 heteroatoms. The molecule has 8 nitrogen and oxygen atoms in total. The summed E-state index contributed by atoms with van der Waals surface area (Å²) in [7, 11) is 3.85. The second kappa shape index (κ2) is 7.89. The third kappa shape index (κ3) is 3.72. The maximum Gasteiger partial charge on any atom is 0.165 e.